The minimum Gasteiger partial charge on any atom is -0.550 e. The van der Waals surface area contributed by atoms with Crippen LogP contribution in [0.1, 0.15) is 28.9 Å². The molecular formula is C19H17N7O6Pt. The molecule has 174 valence electrons. The molecule has 33 heavy (non-hydrogen) atoms. The number of aromatic nitrogens is 4. The van der Waals surface area contributed by atoms with Crippen LogP contribution < -0.4 is 32.1 Å². The van der Waals surface area contributed by atoms with Crippen molar-refractivity contribution in [3.05, 3.63) is 52.1 Å². The fraction of sp³-hybridized carbons (Fsp3) is 0.211. The number of nitrogen functional groups attached to an aromatic ring is 1. The molecule has 0 aliphatic heterocycles. The molecule has 13 nitrogen and oxygen atoms in total. The van der Waals surface area contributed by atoms with Crippen LogP contribution in [0, 0.1) is 0 Å². The summed E-state index contributed by atoms with van der Waals surface area (Å²) in [7, 11) is 0. The van der Waals surface area contributed by atoms with E-state index in [1.54, 1.807) is 12.1 Å². The quantitative estimate of drug-likeness (QED) is 0.190. The Balaban J connectivity index is 0.00000385. The van der Waals surface area contributed by atoms with Crippen molar-refractivity contribution in [3.63, 3.8) is 0 Å². The Hall–Kier alpha value is -3.86. The molecule has 3 aromatic rings. The van der Waals surface area contributed by atoms with Crippen molar-refractivity contribution < 1.29 is 45.7 Å². The van der Waals surface area contributed by atoms with Gasteiger partial charge in [0.15, 0.2) is 11.2 Å². The fourth-order valence-corrected chi connectivity index (χ4v) is 2.74. The molecule has 0 unspecified atom stereocenters. The van der Waals surface area contributed by atoms with Gasteiger partial charge in [0.2, 0.25) is 5.95 Å². The van der Waals surface area contributed by atoms with Crippen LogP contribution in [0.2, 0.25) is 0 Å². The number of carboxylic acid groups (broad SMARTS) is 2. The third-order valence-corrected chi connectivity index (χ3v) is 4.33. The van der Waals surface area contributed by atoms with Gasteiger partial charge in [-0.1, -0.05) is 0 Å². The minimum atomic E-state index is -1.59. The van der Waals surface area contributed by atoms with Crippen molar-refractivity contribution in [2.45, 2.75) is 25.4 Å². The Kier molecular flexibility index (Phi) is 8.57. The van der Waals surface area contributed by atoms with E-state index in [1.807, 2.05) is 0 Å². The van der Waals surface area contributed by atoms with Gasteiger partial charge < -0.3 is 36.2 Å². The van der Waals surface area contributed by atoms with Gasteiger partial charge in [0.25, 0.3) is 11.5 Å². The van der Waals surface area contributed by atoms with Gasteiger partial charge >= 0.3 is 21.1 Å². The first-order valence-electron chi connectivity index (χ1n) is 9.30. The Morgan fingerprint density at radius 3 is 2.45 bits per heavy atom. The van der Waals surface area contributed by atoms with Crippen molar-refractivity contribution >= 4 is 40.6 Å². The van der Waals surface area contributed by atoms with Gasteiger partial charge in [-0.15, -0.1) is 0 Å². The summed E-state index contributed by atoms with van der Waals surface area (Å²) in [6, 6.07) is 4.59. The number of nitrogens with zero attached hydrogens (tertiary/aromatic N) is 3. The van der Waals surface area contributed by atoms with Crippen LogP contribution in [-0.4, -0.2) is 43.8 Å². The number of fused-ring (bicyclic) bond motifs is 1. The monoisotopic (exact) mass is 634 g/mol. The number of benzene rings is 1. The normalized spacial score (nSPS) is 11.3. The molecule has 0 saturated heterocycles. The number of nitrogens with one attached hydrogen (secondary N) is 3. The number of aliphatic carboxylic acids is 2. The van der Waals surface area contributed by atoms with Gasteiger partial charge in [-0.3, -0.25) is 14.6 Å². The zero-order chi connectivity index (χ0) is 23.3. The molecule has 2 heterocycles. The predicted octanol–water partition coefficient (Wildman–Crippen LogP) is -2.72. The topological polar surface area (TPSA) is 219 Å². The van der Waals surface area contributed by atoms with Gasteiger partial charge in [-0.25, -0.2) is 9.97 Å². The number of anilines is 2. The molecule has 0 saturated carbocycles. The number of nitrogens with two attached hydrogens (primary N) is 1. The first-order chi connectivity index (χ1) is 15.2. The van der Waals surface area contributed by atoms with E-state index in [-0.39, 0.29) is 56.7 Å². The number of hydrogen-bond donors (Lipinski definition) is 4. The molecule has 3 rings (SSSR count). The van der Waals surface area contributed by atoms with Gasteiger partial charge in [-0.05, 0) is 37.1 Å². The number of carbonyl (C=O) groups excluding carboxylic acids is 3. The van der Waals surface area contributed by atoms with Crippen LogP contribution in [0.4, 0.5) is 11.6 Å². The Morgan fingerprint density at radius 1 is 1.12 bits per heavy atom. The van der Waals surface area contributed by atoms with Crippen LogP contribution >= 0.6 is 0 Å². The summed E-state index contributed by atoms with van der Waals surface area (Å²) < 4.78 is 0. The number of carbonyl (C=O) groups is 3. The number of H-pyrrole nitrogens is 1. The molecule has 0 radical (unpaired) electrons. The van der Waals surface area contributed by atoms with E-state index < -0.39 is 35.9 Å². The molecule has 0 spiro atoms. The summed E-state index contributed by atoms with van der Waals surface area (Å²) in [6.45, 7) is 0.217. The van der Waals surface area contributed by atoms with E-state index in [1.165, 1.54) is 18.3 Å². The first kappa shape index (κ1) is 25.4. The SMILES string of the molecule is Nc1nc2ncc(CNc3ccc(C(=O)N[C@@H](CCC(=O)[O-])C(=O)[O-])cc3)nc2c(=O)[nH]1.[Pt+2]. The van der Waals surface area contributed by atoms with Crippen molar-refractivity contribution in [2.75, 3.05) is 11.1 Å². The molecule has 0 aliphatic carbocycles. The van der Waals surface area contributed by atoms with Crippen molar-refractivity contribution in [3.8, 4) is 0 Å². The molecule has 0 bridgehead atoms. The maximum Gasteiger partial charge on any atom is 2.00 e. The average Bonchev–Trinajstić information content (AvgIpc) is 2.75. The third-order valence-electron chi connectivity index (χ3n) is 4.33. The Bertz CT molecular complexity index is 1230. The summed E-state index contributed by atoms with van der Waals surface area (Å²) >= 11 is 0. The zero-order valence-corrected chi connectivity index (χ0v) is 19.0. The molecule has 2 aromatic heterocycles. The van der Waals surface area contributed by atoms with E-state index in [0.29, 0.717) is 11.4 Å². The van der Waals surface area contributed by atoms with E-state index in [2.05, 4.69) is 30.6 Å². The predicted molar refractivity (Wildman–Crippen MR) is 107 cm³/mol. The van der Waals surface area contributed by atoms with E-state index in [4.69, 9.17) is 5.73 Å². The maximum atomic E-state index is 12.2. The van der Waals surface area contributed by atoms with Gasteiger partial charge in [0, 0.05) is 17.2 Å². The third kappa shape index (κ3) is 6.81. The molecule has 1 atom stereocenters. The molecule has 1 aromatic carbocycles. The number of amides is 1. The Morgan fingerprint density at radius 2 is 1.82 bits per heavy atom. The molecular weight excluding hydrogens is 617 g/mol. The van der Waals surface area contributed by atoms with Crippen molar-refractivity contribution in [2.24, 2.45) is 0 Å². The van der Waals surface area contributed by atoms with Crippen molar-refractivity contribution in [1.82, 2.24) is 25.3 Å². The number of aromatic amines is 1. The van der Waals surface area contributed by atoms with E-state index >= 15 is 0 Å². The molecule has 14 heteroatoms. The molecule has 1 amide bonds. The van der Waals surface area contributed by atoms with E-state index in [9.17, 15) is 29.4 Å². The van der Waals surface area contributed by atoms with Gasteiger partial charge in [-0.2, -0.15) is 4.98 Å². The van der Waals surface area contributed by atoms with Crippen LogP contribution in [0.15, 0.2) is 35.3 Å². The maximum absolute atomic E-state index is 12.2. The summed E-state index contributed by atoms with van der Waals surface area (Å²) in [4.78, 5) is 60.2. The number of hydrogen-bond acceptors (Lipinski definition) is 11. The van der Waals surface area contributed by atoms with E-state index in [0.717, 1.165) is 0 Å². The number of carboxylic acids is 2. The summed E-state index contributed by atoms with van der Waals surface area (Å²) in [6.07, 6.45) is 0.554. The smallest absolute Gasteiger partial charge is 0.550 e. The fourth-order valence-electron chi connectivity index (χ4n) is 2.74. The van der Waals surface area contributed by atoms with Crippen LogP contribution in [0.3, 0.4) is 0 Å². The molecule has 0 aliphatic rings. The van der Waals surface area contributed by atoms with Gasteiger partial charge in [0.05, 0.1) is 30.4 Å². The van der Waals surface area contributed by atoms with Crippen molar-refractivity contribution in [1.29, 1.82) is 0 Å². The zero-order valence-electron chi connectivity index (χ0n) is 16.8. The second-order valence-corrected chi connectivity index (χ2v) is 6.67. The summed E-state index contributed by atoms with van der Waals surface area (Å²) in [5.41, 5.74) is 6.37. The standard InChI is InChI=1S/C19H19N7O6.Pt/c20-19-25-15-14(17(30)26-19)23-11(8-22-15)7-21-10-3-1-9(2-4-10)16(29)24-12(18(31)32)5-6-13(27)28;/h1-4,8,12,21H,5-7H2,(H,24,29)(H,27,28)(H,31,32)(H3,20,22,25,26,30);/q;+2/p-2/t12-;/m0./s1. The molecule has 5 N–H and O–H groups in total. The minimum absolute atomic E-state index is 0. The van der Waals surface area contributed by atoms with Gasteiger partial charge in [0.1, 0.15) is 0 Å². The first-order valence-corrected chi connectivity index (χ1v) is 9.30. The summed E-state index contributed by atoms with van der Waals surface area (Å²) in [5, 5.41) is 26.8. The van der Waals surface area contributed by atoms with Crippen LogP contribution in [0.5, 0.6) is 0 Å². The van der Waals surface area contributed by atoms with Crippen LogP contribution in [0.25, 0.3) is 11.2 Å². The largest absolute Gasteiger partial charge is 2.00 e. The summed E-state index contributed by atoms with van der Waals surface area (Å²) in [5.74, 6) is -3.78. The molecule has 0 fully saturated rings. The second kappa shape index (κ2) is 11.1. The number of rotatable bonds is 9. The Labute approximate surface area is 200 Å². The second-order valence-electron chi connectivity index (χ2n) is 6.67. The van der Waals surface area contributed by atoms with Crippen LogP contribution in [-0.2, 0) is 37.2 Å². The average molecular weight is 634 g/mol.